The number of aliphatic hydroxyl groups excluding tert-OH is 1. The van der Waals surface area contributed by atoms with Crippen LogP contribution in [0.3, 0.4) is 0 Å². The summed E-state index contributed by atoms with van der Waals surface area (Å²) in [6, 6.07) is 0. The molecule has 41 valence electrons. The molecule has 3 heteroatoms. The minimum absolute atomic E-state index is 0.480. The molecular weight excluding hydrogens is 96.0 g/mol. The Bertz CT molecular complexity index is 52.9. The molecule has 3 nitrogen and oxygen atoms in total. The van der Waals surface area contributed by atoms with Gasteiger partial charge in [-0.3, -0.25) is 0 Å². The number of hydrogen-bond acceptors (Lipinski definition) is 3. The van der Waals surface area contributed by atoms with Crippen molar-refractivity contribution in [3.63, 3.8) is 0 Å². The van der Waals surface area contributed by atoms with Crippen LogP contribution >= 0.6 is 0 Å². The van der Waals surface area contributed by atoms with E-state index in [1.54, 1.807) is 0 Å². The Hall–Kier alpha value is -0.410. The fourth-order valence-electron chi connectivity index (χ4n) is 0.146. The van der Waals surface area contributed by atoms with Crippen molar-refractivity contribution in [2.24, 2.45) is 0 Å². The van der Waals surface area contributed by atoms with Crippen LogP contribution in [0.25, 0.3) is 0 Å². The minimum atomic E-state index is -1.04. The molecule has 0 aliphatic rings. The predicted molar refractivity (Wildman–Crippen MR) is 23.4 cm³/mol. The molecule has 1 radical (unpaired) electrons. The second-order valence-corrected chi connectivity index (χ2v) is 0.955. The minimum Gasteiger partial charge on any atom is -0.367 e. The lowest BCUT2D eigenvalue weighted by molar-refractivity contribution is -0.110. The van der Waals surface area contributed by atoms with Crippen molar-refractivity contribution in [1.82, 2.24) is 0 Å². The summed E-state index contributed by atoms with van der Waals surface area (Å²) in [5.74, 6) is 0. The second kappa shape index (κ2) is 3.77. The average molecular weight is 103 g/mol. The van der Waals surface area contributed by atoms with E-state index in [1.165, 1.54) is 7.11 Å². The van der Waals surface area contributed by atoms with Crippen LogP contribution in [-0.2, 0) is 9.53 Å². The molecular formula is C4H7O3. The summed E-state index contributed by atoms with van der Waals surface area (Å²) >= 11 is 0. The lowest BCUT2D eigenvalue weighted by Gasteiger charge is -1.99. The van der Waals surface area contributed by atoms with Crippen LogP contribution in [0.4, 0.5) is 0 Å². The highest BCUT2D eigenvalue weighted by molar-refractivity contribution is 5.61. The van der Waals surface area contributed by atoms with Gasteiger partial charge in [-0.2, -0.15) is 0 Å². The molecule has 0 saturated carbocycles. The Balaban J connectivity index is 2.98. The van der Waals surface area contributed by atoms with E-state index in [2.05, 4.69) is 4.74 Å². The van der Waals surface area contributed by atoms with Gasteiger partial charge in [0, 0.05) is 7.11 Å². The normalized spacial score (nSPS) is 13.4. The number of ether oxygens (including phenoxy) is 1. The zero-order valence-electron chi connectivity index (χ0n) is 4.00. The van der Waals surface area contributed by atoms with E-state index in [9.17, 15) is 4.79 Å². The first-order valence-electron chi connectivity index (χ1n) is 1.80. The van der Waals surface area contributed by atoms with Gasteiger partial charge in [0.05, 0.1) is 6.42 Å². The van der Waals surface area contributed by atoms with Gasteiger partial charge in [0.1, 0.15) is 6.29 Å². The van der Waals surface area contributed by atoms with Gasteiger partial charge in [-0.25, -0.2) is 0 Å². The van der Waals surface area contributed by atoms with Crippen LogP contribution in [0.1, 0.15) is 0 Å². The van der Waals surface area contributed by atoms with Crippen molar-refractivity contribution in [2.45, 2.75) is 6.29 Å². The molecule has 0 heterocycles. The third-order valence-electron chi connectivity index (χ3n) is 0.485. The predicted octanol–water partition coefficient (Wildman–Crippen LogP) is -0.646. The van der Waals surface area contributed by atoms with Gasteiger partial charge >= 0.3 is 0 Å². The first-order chi connectivity index (χ1) is 3.31. The summed E-state index contributed by atoms with van der Waals surface area (Å²) < 4.78 is 4.26. The molecule has 1 atom stereocenters. The zero-order chi connectivity index (χ0) is 5.70. The van der Waals surface area contributed by atoms with E-state index >= 15 is 0 Å². The molecule has 0 fully saturated rings. The molecule has 0 spiro atoms. The van der Waals surface area contributed by atoms with E-state index in [1.807, 2.05) is 0 Å². The number of aldehydes is 1. The number of carbonyl (C=O) groups excluding carboxylic acids is 1. The van der Waals surface area contributed by atoms with Crippen molar-refractivity contribution in [3.05, 3.63) is 6.42 Å². The van der Waals surface area contributed by atoms with Crippen LogP contribution in [-0.4, -0.2) is 24.8 Å². The highest BCUT2D eigenvalue weighted by atomic mass is 16.6. The van der Waals surface area contributed by atoms with Crippen LogP contribution in [0.5, 0.6) is 0 Å². The van der Waals surface area contributed by atoms with E-state index in [-0.39, 0.29) is 0 Å². The summed E-state index contributed by atoms with van der Waals surface area (Å²) in [4.78, 5) is 9.48. The third kappa shape index (κ3) is 3.42. The van der Waals surface area contributed by atoms with Crippen molar-refractivity contribution in [2.75, 3.05) is 7.11 Å². The third-order valence-corrected chi connectivity index (χ3v) is 0.485. The second-order valence-electron chi connectivity index (χ2n) is 0.955. The molecule has 0 aromatic rings. The molecule has 7 heavy (non-hydrogen) atoms. The number of hydrogen-bond donors (Lipinski definition) is 1. The molecule has 0 bridgehead atoms. The lowest BCUT2D eigenvalue weighted by atomic mass is 10.5. The van der Waals surface area contributed by atoms with Crippen LogP contribution < -0.4 is 0 Å². The Morgan fingerprint density at radius 2 is 2.43 bits per heavy atom. The summed E-state index contributed by atoms with van der Waals surface area (Å²) in [5.41, 5.74) is 0. The molecule has 0 aromatic carbocycles. The van der Waals surface area contributed by atoms with E-state index < -0.39 is 6.29 Å². The maximum absolute atomic E-state index is 9.48. The molecule has 0 aliphatic heterocycles. The van der Waals surface area contributed by atoms with E-state index in [0.29, 0.717) is 6.29 Å². The van der Waals surface area contributed by atoms with Crippen molar-refractivity contribution in [3.8, 4) is 0 Å². The van der Waals surface area contributed by atoms with Gasteiger partial charge in [0.25, 0.3) is 0 Å². The Morgan fingerprint density at radius 3 is 2.57 bits per heavy atom. The Morgan fingerprint density at radius 1 is 1.86 bits per heavy atom. The van der Waals surface area contributed by atoms with E-state index in [0.717, 1.165) is 6.42 Å². The van der Waals surface area contributed by atoms with Crippen LogP contribution in [0.15, 0.2) is 0 Å². The monoisotopic (exact) mass is 103 g/mol. The number of aliphatic hydroxyl groups is 1. The molecule has 1 N–H and O–H groups in total. The standard InChI is InChI=1S/C4H7O3/c1-7-4(6)2-3-5/h2-4,6H,1H3. The lowest BCUT2D eigenvalue weighted by Crippen LogP contribution is -2.09. The summed E-state index contributed by atoms with van der Waals surface area (Å²) in [6.07, 6.45) is 0.436. The summed E-state index contributed by atoms with van der Waals surface area (Å²) in [6.45, 7) is 0. The average Bonchev–Trinajstić information content (AvgIpc) is 1.68. The van der Waals surface area contributed by atoms with Crippen LogP contribution in [0.2, 0.25) is 0 Å². The van der Waals surface area contributed by atoms with Gasteiger partial charge in [-0.1, -0.05) is 0 Å². The van der Waals surface area contributed by atoms with Gasteiger partial charge in [0.15, 0.2) is 6.29 Å². The molecule has 0 saturated heterocycles. The van der Waals surface area contributed by atoms with Crippen molar-refractivity contribution in [1.29, 1.82) is 0 Å². The zero-order valence-corrected chi connectivity index (χ0v) is 4.00. The highest BCUT2D eigenvalue weighted by Crippen LogP contribution is 1.82. The first-order valence-corrected chi connectivity index (χ1v) is 1.80. The smallest absolute Gasteiger partial charge is 0.164 e. The maximum Gasteiger partial charge on any atom is 0.164 e. The van der Waals surface area contributed by atoms with E-state index in [4.69, 9.17) is 5.11 Å². The molecule has 0 aromatic heterocycles. The van der Waals surface area contributed by atoms with Crippen LogP contribution in [0, 0.1) is 6.42 Å². The van der Waals surface area contributed by atoms with Gasteiger partial charge < -0.3 is 14.6 Å². The molecule has 0 rings (SSSR count). The largest absolute Gasteiger partial charge is 0.367 e. The number of carbonyl (C=O) groups is 1. The number of rotatable bonds is 3. The maximum atomic E-state index is 9.48. The summed E-state index contributed by atoms with van der Waals surface area (Å²) in [5, 5.41) is 8.35. The fourth-order valence-corrected chi connectivity index (χ4v) is 0.146. The fraction of sp³-hybridized carbons (Fsp3) is 0.500. The van der Waals surface area contributed by atoms with Gasteiger partial charge in [-0.05, 0) is 0 Å². The first kappa shape index (κ1) is 6.59. The quantitative estimate of drug-likeness (QED) is 0.381. The van der Waals surface area contributed by atoms with Gasteiger partial charge in [-0.15, -0.1) is 0 Å². The SMILES string of the molecule is COC(O)[CH]C=O. The highest BCUT2D eigenvalue weighted by Gasteiger charge is 1.96. The number of methoxy groups -OCH3 is 1. The summed E-state index contributed by atoms with van der Waals surface area (Å²) in [7, 11) is 1.31. The Labute approximate surface area is 41.9 Å². The van der Waals surface area contributed by atoms with Crippen molar-refractivity contribution >= 4 is 6.29 Å². The molecule has 1 unspecified atom stereocenters. The van der Waals surface area contributed by atoms with Crippen molar-refractivity contribution < 1.29 is 14.6 Å². The van der Waals surface area contributed by atoms with Gasteiger partial charge in [0.2, 0.25) is 0 Å². The molecule has 0 amide bonds. The topological polar surface area (TPSA) is 46.5 Å². The molecule has 0 aliphatic carbocycles. The Kier molecular flexibility index (Phi) is 3.55.